The number of rotatable bonds is 7. The molecule has 0 aromatic carbocycles. The van der Waals surface area contributed by atoms with Crippen LogP contribution in [-0.2, 0) is 22.3 Å². The lowest BCUT2D eigenvalue weighted by Crippen LogP contribution is -2.64. The van der Waals surface area contributed by atoms with E-state index in [9.17, 15) is 18.8 Å². The first-order valence-corrected chi connectivity index (χ1v) is 10.5. The summed E-state index contributed by atoms with van der Waals surface area (Å²) in [4.78, 5) is 8.52. The van der Waals surface area contributed by atoms with Crippen LogP contribution in [0.25, 0.3) is 22.3 Å². The molecule has 0 radical (unpaired) electrons. The molecule has 4 heterocycles. The van der Waals surface area contributed by atoms with Crippen molar-refractivity contribution in [3.8, 4) is 17.3 Å². The molecule has 0 unspecified atom stereocenters. The molecule has 12 heteroatoms. The van der Waals surface area contributed by atoms with Gasteiger partial charge in [0.25, 0.3) is 0 Å². The Morgan fingerprint density at radius 2 is 2.07 bits per heavy atom. The Morgan fingerprint density at radius 3 is 2.76 bits per heavy atom. The van der Waals surface area contributed by atoms with Crippen LogP contribution in [0.1, 0.15) is 6.42 Å². The van der Waals surface area contributed by atoms with Crippen molar-refractivity contribution in [1.29, 1.82) is 5.26 Å². The molecule has 1 fully saturated rings. The van der Waals surface area contributed by atoms with E-state index in [1.54, 1.807) is 33.9 Å². The average Bonchev–Trinajstić information content (AvgIpc) is 3.31. The molecule has 2 N–H and O–H groups in total. The van der Waals surface area contributed by atoms with E-state index >= 15 is 0 Å². The van der Waals surface area contributed by atoms with Gasteiger partial charge < -0.3 is 14.8 Å². The molecule has 152 valence electrons. The van der Waals surface area contributed by atoms with Crippen molar-refractivity contribution in [3.63, 3.8) is 0 Å². The second-order valence-electron chi connectivity index (χ2n) is 6.93. The highest BCUT2D eigenvalue weighted by molar-refractivity contribution is 7.89. The van der Waals surface area contributed by atoms with E-state index < -0.39 is 22.2 Å². The Labute approximate surface area is 166 Å². The Morgan fingerprint density at radius 1 is 1.28 bits per heavy atom. The van der Waals surface area contributed by atoms with Crippen LogP contribution >= 0.6 is 0 Å². The first-order valence-electron chi connectivity index (χ1n) is 8.86. The number of hydrogen-bond donors (Lipinski definition) is 2. The Kier molecular flexibility index (Phi) is 4.83. The van der Waals surface area contributed by atoms with E-state index in [4.69, 9.17) is 5.11 Å². The summed E-state index contributed by atoms with van der Waals surface area (Å²) in [6.45, 7) is -0.427. The normalized spacial score (nSPS) is 16.6. The first-order chi connectivity index (χ1) is 13.9. The van der Waals surface area contributed by atoms with Crippen molar-refractivity contribution in [2.24, 2.45) is 0 Å². The zero-order chi connectivity index (χ0) is 20.6. The number of hydrogen-bond acceptors (Lipinski definition) is 8. The second-order valence-corrected chi connectivity index (χ2v) is 9.02. The van der Waals surface area contributed by atoms with Crippen LogP contribution in [0.3, 0.4) is 0 Å². The van der Waals surface area contributed by atoms with Gasteiger partial charge >= 0.3 is 0 Å². The topological polar surface area (TPSA) is 150 Å². The lowest BCUT2D eigenvalue weighted by atomic mass is 9.89. The van der Waals surface area contributed by atoms with Crippen LogP contribution in [0, 0.1) is 11.3 Å². The number of fused-ring (bicyclic) bond motifs is 1. The molecular weight excluding hydrogens is 398 g/mol. The fraction of sp³-hybridized carbons (Fsp3) is 0.412. The molecule has 4 rings (SSSR count). The van der Waals surface area contributed by atoms with Gasteiger partial charge in [0.2, 0.25) is 10.0 Å². The smallest absolute Gasteiger partial charge is 0.216 e. The minimum Gasteiger partial charge on any atom is -0.395 e. The molecule has 1 aliphatic heterocycles. The van der Waals surface area contributed by atoms with Crippen LogP contribution in [0.5, 0.6) is 0 Å². The van der Waals surface area contributed by atoms with Gasteiger partial charge in [-0.25, -0.2) is 18.4 Å². The molecule has 29 heavy (non-hydrogen) atoms. The van der Waals surface area contributed by atoms with E-state index in [0.717, 1.165) is 5.39 Å². The maximum atomic E-state index is 12.2. The molecule has 11 nitrogen and oxygen atoms in total. The molecule has 1 aliphatic rings. The summed E-state index contributed by atoms with van der Waals surface area (Å²) in [5.74, 6) is -0.346. The summed E-state index contributed by atoms with van der Waals surface area (Å²) < 4.78 is 28.8. The van der Waals surface area contributed by atoms with Crippen LogP contribution in [0.4, 0.5) is 0 Å². The molecule has 3 aromatic rings. The SMILES string of the molecule is N#CCC1(n2cc(-c3ncnc4c3ccn4CO)cn2)CN(S(=O)(=O)CCO)C1. The summed E-state index contributed by atoms with van der Waals surface area (Å²) >= 11 is 0. The minimum absolute atomic E-state index is 0.0966. The van der Waals surface area contributed by atoms with Gasteiger partial charge in [-0.1, -0.05) is 0 Å². The molecule has 0 aliphatic carbocycles. The zero-order valence-corrected chi connectivity index (χ0v) is 16.2. The monoisotopic (exact) mass is 417 g/mol. The van der Waals surface area contributed by atoms with Crippen LogP contribution in [0.15, 0.2) is 31.0 Å². The fourth-order valence-electron chi connectivity index (χ4n) is 3.59. The third-order valence-electron chi connectivity index (χ3n) is 5.14. The molecule has 0 saturated carbocycles. The molecule has 0 atom stereocenters. The number of sulfonamides is 1. The number of nitrogens with zero attached hydrogens (tertiary/aromatic N) is 7. The Bertz CT molecular complexity index is 1190. The number of nitriles is 1. The van der Waals surface area contributed by atoms with Crippen molar-refractivity contribution in [3.05, 3.63) is 31.0 Å². The van der Waals surface area contributed by atoms with Gasteiger partial charge in [-0.05, 0) is 6.07 Å². The molecule has 0 spiro atoms. The quantitative estimate of drug-likeness (QED) is 0.522. The third-order valence-corrected chi connectivity index (χ3v) is 6.89. The number of aliphatic hydroxyl groups is 2. The maximum absolute atomic E-state index is 12.2. The highest BCUT2D eigenvalue weighted by atomic mass is 32.2. The summed E-state index contributed by atoms with van der Waals surface area (Å²) in [6.07, 6.45) is 6.56. The summed E-state index contributed by atoms with van der Waals surface area (Å²) in [7, 11) is -3.56. The van der Waals surface area contributed by atoms with E-state index in [2.05, 4.69) is 21.1 Å². The molecule has 1 saturated heterocycles. The van der Waals surface area contributed by atoms with Gasteiger partial charge in [0, 0.05) is 36.4 Å². The summed E-state index contributed by atoms with van der Waals surface area (Å²) in [6, 6.07) is 3.92. The predicted octanol–water partition coefficient (Wildman–Crippen LogP) is -0.509. The van der Waals surface area contributed by atoms with Gasteiger partial charge in [0.05, 0.1) is 36.7 Å². The molecule has 3 aromatic heterocycles. The van der Waals surface area contributed by atoms with Gasteiger partial charge in [-0.3, -0.25) is 4.68 Å². The molecule has 0 bridgehead atoms. The van der Waals surface area contributed by atoms with Gasteiger partial charge in [-0.15, -0.1) is 0 Å². The van der Waals surface area contributed by atoms with Crippen molar-refractivity contribution < 1.29 is 18.6 Å². The second kappa shape index (κ2) is 7.20. The molecule has 0 amide bonds. The van der Waals surface area contributed by atoms with Gasteiger partial charge in [-0.2, -0.15) is 14.7 Å². The average molecular weight is 417 g/mol. The summed E-state index contributed by atoms with van der Waals surface area (Å²) in [5.41, 5.74) is 1.15. The maximum Gasteiger partial charge on any atom is 0.216 e. The lowest BCUT2D eigenvalue weighted by Gasteiger charge is -2.47. The van der Waals surface area contributed by atoms with Crippen molar-refractivity contribution >= 4 is 21.1 Å². The van der Waals surface area contributed by atoms with Crippen molar-refractivity contribution in [2.75, 3.05) is 25.4 Å². The minimum atomic E-state index is -3.56. The van der Waals surface area contributed by atoms with E-state index in [-0.39, 0.29) is 32.0 Å². The number of aliphatic hydroxyl groups excluding tert-OH is 2. The van der Waals surface area contributed by atoms with E-state index in [0.29, 0.717) is 16.9 Å². The zero-order valence-electron chi connectivity index (χ0n) is 15.4. The van der Waals surface area contributed by atoms with Crippen LogP contribution in [-0.4, -0.2) is 72.7 Å². The van der Waals surface area contributed by atoms with Crippen LogP contribution < -0.4 is 0 Å². The molecular formula is C17H19N7O4S. The Balaban J connectivity index is 1.67. The third kappa shape index (κ3) is 3.18. The summed E-state index contributed by atoms with van der Waals surface area (Å²) in [5, 5.41) is 32.8. The van der Waals surface area contributed by atoms with Gasteiger partial charge in [0.15, 0.2) is 0 Å². The highest BCUT2D eigenvalue weighted by Gasteiger charge is 2.50. The number of aromatic nitrogens is 5. The van der Waals surface area contributed by atoms with Crippen LogP contribution in [0.2, 0.25) is 0 Å². The fourth-order valence-corrected chi connectivity index (χ4v) is 4.95. The van der Waals surface area contributed by atoms with Crippen molar-refractivity contribution in [2.45, 2.75) is 18.7 Å². The Hall–Kier alpha value is -2.85. The largest absolute Gasteiger partial charge is 0.395 e. The predicted molar refractivity (Wildman–Crippen MR) is 102 cm³/mol. The lowest BCUT2D eigenvalue weighted by molar-refractivity contribution is 0.0713. The first kappa shape index (κ1) is 19.5. The van der Waals surface area contributed by atoms with Crippen molar-refractivity contribution in [1.82, 2.24) is 28.6 Å². The standard InChI is InChI=1S/C17H19N7O4S/c18-3-2-17(9-23(10-17)29(27,28)6-5-25)24-8-13(7-21-24)15-14-1-4-22(12-26)16(14)20-11-19-15/h1,4,7-8,11,25-26H,2,5-6,9-10,12H2. The van der Waals surface area contributed by atoms with Gasteiger partial charge in [0.1, 0.15) is 24.2 Å². The van der Waals surface area contributed by atoms with E-state index in [1.807, 2.05) is 0 Å². The van der Waals surface area contributed by atoms with E-state index in [1.165, 1.54) is 10.6 Å². The highest BCUT2D eigenvalue weighted by Crippen LogP contribution is 2.36.